The Bertz CT molecular complexity index is 422. The normalized spacial score (nSPS) is 11.9. The van der Waals surface area contributed by atoms with E-state index in [2.05, 4.69) is 20.8 Å². The number of urea groups is 1. The molecule has 1 rings (SSSR count). The van der Waals surface area contributed by atoms with Crippen molar-refractivity contribution < 1.29 is 19.4 Å². The van der Waals surface area contributed by atoms with Crippen molar-refractivity contribution >= 4 is 28.5 Å². The number of rotatable bonds is 6. The van der Waals surface area contributed by atoms with Gasteiger partial charge < -0.3 is 15.2 Å². The second-order valence-electron chi connectivity index (χ2n) is 3.42. The Morgan fingerprint density at radius 2 is 2.22 bits per heavy atom. The van der Waals surface area contributed by atoms with Crippen LogP contribution in [-0.2, 0) is 9.53 Å². The van der Waals surface area contributed by atoms with Crippen LogP contribution in [0.3, 0.4) is 0 Å². The maximum Gasteiger partial charge on any atom is 0.321 e. The Labute approximate surface area is 107 Å². The quantitative estimate of drug-likeness (QED) is 0.694. The lowest BCUT2D eigenvalue weighted by Gasteiger charge is -2.13. The van der Waals surface area contributed by atoms with E-state index in [1.807, 2.05) is 0 Å². The first-order valence-corrected chi connectivity index (χ1v) is 5.92. The van der Waals surface area contributed by atoms with Crippen molar-refractivity contribution in [1.82, 2.24) is 15.5 Å². The number of nitrogens with zero attached hydrogens (tertiary/aromatic N) is 2. The summed E-state index contributed by atoms with van der Waals surface area (Å²) in [4.78, 5) is 21.9. The summed E-state index contributed by atoms with van der Waals surface area (Å²) in [5.41, 5.74) is 0. The SMILES string of the molecule is COC(CNC(=O)Nc1nnc(C)s1)CC(=O)O. The largest absolute Gasteiger partial charge is 0.481 e. The molecule has 2 amide bonds. The molecule has 1 aromatic rings. The maximum atomic E-state index is 11.4. The fourth-order valence-electron chi connectivity index (χ4n) is 1.13. The zero-order valence-corrected chi connectivity index (χ0v) is 10.8. The molecule has 1 aromatic heterocycles. The van der Waals surface area contributed by atoms with Crippen molar-refractivity contribution in [2.24, 2.45) is 0 Å². The van der Waals surface area contributed by atoms with E-state index in [4.69, 9.17) is 9.84 Å². The predicted octanol–water partition coefficient (Wildman–Crippen LogP) is 0.458. The fourth-order valence-corrected chi connectivity index (χ4v) is 1.72. The van der Waals surface area contributed by atoms with Gasteiger partial charge in [0, 0.05) is 13.7 Å². The third-order valence-electron chi connectivity index (χ3n) is 1.97. The van der Waals surface area contributed by atoms with Gasteiger partial charge in [0.15, 0.2) is 0 Å². The molecule has 0 aliphatic carbocycles. The number of aromatic nitrogens is 2. The van der Waals surface area contributed by atoms with E-state index in [0.29, 0.717) is 5.13 Å². The Morgan fingerprint density at radius 3 is 2.72 bits per heavy atom. The molecule has 18 heavy (non-hydrogen) atoms. The number of carbonyl (C=O) groups is 2. The number of carboxylic acid groups (broad SMARTS) is 1. The number of hydrogen-bond donors (Lipinski definition) is 3. The molecular weight excluding hydrogens is 260 g/mol. The van der Waals surface area contributed by atoms with Crippen molar-refractivity contribution in [3.05, 3.63) is 5.01 Å². The van der Waals surface area contributed by atoms with E-state index in [1.54, 1.807) is 6.92 Å². The number of amides is 2. The monoisotopic (exact) mass is 274 g/mol. The lowest BCUT2D eigenvalue weighted by atomic mass is 10.2. The minimum atomic E-state index is -0.983. The van der Waals surface area contributed by atoms with Gasteiger partial charge >= 0.3 is 12.0 Å². The number of ether oxygens (including phenoxy) is 1. The molecule has 0 bridgehead atoms. The number of carbonyl (C=O) groups excluding carboxylic acids is 1. The van der Waals surface area contributed by atoms with Gasteiger partial charge in [-0.25, -0.2) is 4.79 Å². The van der Waals surface area contributed by atoms with Crippen LogP contribution in [0, 0.1) is 6.92 Å². The predicted molar refractivity (Wildman–Crippen MR) is 64.7 cm³/mol. The molecule has 0 saturated carbocycles. The molecule has 3 N–H and O–H groups in total. The molecule has 0 spiro atoms. The van der Waals surface area contributed by atoms with E-state index in [-0.39, 0.29) is 13.0 Å². The number of hydrogen-bond acceptors (Lipinski definition) is 6. The molecule has 100 valence electrons. The van der Waals surface area contributed by atoms with Crippen LogP contribution in [0.4, 0.5) is 9.93 Å². The van der Waals surface area contributed by atoms with Crippen LogP contribution in [0.15, 0.2) is 0 Å². The molecule has 1 heterocycles. The van der Waals surface area contributed by atoms with E-state index in [1.165, 1.54) is 18.4 Å². The summed E-state index contributed by atoms with van der Waals surface area (Å²) in [6, 6.07) is -0.474. The second kappa shape index (κ2) is 6.87. The zero-order chi connectivity index (χ0) is 13.5. The number of anilines is 1. The molecule has 8 nitrogen and oxygen atoms in total. The van der Waals surface area contributed by atoms with Crippen molar-refractivity contribution in [2.45, 2.75) is 19.4 Å². The zero-order valence-electron chi connectivity index (χ0n) is 9.97. The number of carboxylic acids is 1. The fraction of sp³-hybridized carbons (Fsp3) is 0.556. The number of aliphatic carboxylic acids is 1. The lowest BCUT2D eigenvalue weighted by Crippen LogP contribution is -2.37. The minimum Gasteiger partial charge on any atom is -0.481 e. The standard InChI is InChI=1S/C9H14N4O4S/c1-5-12-13-9(18-5)11-8(16)10-4-6(17-2)3-7(14)15/h6H,3-4H2,1-2H3,(H,14,15)(H2,10,11,13,16). The first kappa shape index (κ1) is 14.3. The van der Waals surface area contributed by atoms with Gasteiger partial charge in [-0.2, -0.15) is 0 Å². The summed E-state index contributed by atoms with van der Waals surface area (Å²) in [6.07, 6.45) is -0.737. The molecule has 0 aliphatic heterocycles. The Balaban J connectivity index is 2.33. The molecule has 0 fully saturated rings. The highest BCUT2D eigenvalue weighted by atomic mass is 32.1. The third kappa shape index (κ3) is 5.06. The van der Waals surface area contributed by atoms with Crippen molar-refractivity contribution in [1.29, 1.82) is 0 Å². The van der Waals surface area contributed by atoms with Crippen LogP contribution in [0.5, 0.6) is 0 Å². The van der Waals surface area contributed by atoms with Gasteiger partial charge in [-0.05, 0) is 6.92 Å². The molecule has 1 unspecified atom stereocenters. The van der Waals surface area contributed by atoms with Crippen LogP contribution in [0.1, 0.15) is 11.4 Å². The van der Waals surface area contributed by atoms with Crippen LogP contribution >= 0.6 is 11.3 Å². The van der Waals surface area contributed by atoms with Gasteiger partial charge in [-0.1, -0.05) is 11.3 Å². The number of nitrogens with one attached hydrogen (secondary N) is 2. The van der Waals surface area contributed by atoms with Crippen LogP contribution in [-0.4, -0.2) is 47.1 Å². The summed E-state index contributed by atoms with van der Waals surface area (Å²) < 4.78 is 4.92. The summed E-state index contributed by atoms with van der Waals surface area (Å²) in [5.74, 6) is -0.983. The first-order valence-electron chi connectivity index (χ1n) is 5.10. The van der Waals surface area contributed by atoms with Gasteiger partial charge in [-0.15, -0.1) is 10.2 Å². The number of aryl methyl sites for hydroxylation is 1. The van der Waals surface area contributed by atoms with E-state index >= 15 is 0 Å². The number of methoxy groups -OCH3 is 1. The summed E-state index contributed by atoms with van der Waals surface area (Å²) in [5, 5.41) is 22.2. The molecule has 0 aliphatic rings. The first-order chi connectivity index (χ1) is 8.51. The topological polar surface area (TPSA) is 113 Å². The summed E-state index contributed by atoms with van der Waals surface area (Å²) >= 11 is 1.25. The highest BCUT2D eigenvalue weighted by Crippen LogP contribution is 2.12. The molecule has 0 saturated heterocycles. The third-order valence-corrected chi connectivity index (χ3v) is 2.73. The average molecular weight is 274 g/mol. The van der Waals surface area contributed by atoms with Gasteiger partial charge in [0.05, 0.1) is 12.5 Å². The molecule has 1 atom stereocenters. The van der Waals surface area contributed by atoms with E-state index in [0.717, 1.165) is 5.01 Å². The van der Waals surface area contributed by atoms with Crippen LogP contribution in [0.2, 0.25) is 0 Å². The van der Waals surface area contributed by atoms with Crippen LogP contribution < -0.4 is 10.6 Å². The smallest absolute Gasteiger partial charge is 0.321 e. The second-order valence-corrected chi connectivity index (χ2v) is 4.60. The molecule has 0 radical (unpaired) electrons. The lowest BCUT2D eigenvalue weighted by molar-refractivity contribution is -0.139. The van der Waals surface area contributed by atoms with Gasteiger partial charge in [-0.3, -0.25) is 10.1 Å². The average Bonchev–Trinajstić information content (AvgIpc) is 2.69. The molecule has 0 aromatic carbocycles. The van der Waals surface area contributed by atoms with Gasteiger partial charge in [0.2, 0.25) is 5.13 Å². The van der Waals surface area contributed by atoms with Gasteiger partial charge in [0.25, 0.3) is 0 Å². The highest BCUT2D eigenvalue weighted by molar-refractivity contribution is 7.15. The van der Waals surface area contributed by atoms with Crippen molar-refractivity contribution in [3.63, 3.8) is 0 Å². The van der Waals surface area contributed by atoms with E-state index in [9.17, 15) is 9.59 Å². The summed E-state index contributed by atoms with van der Waals surface area (Å²) in [6.45, 7) is 1.88. The Morgan fingerprint density at radius 1 is 1.50 bits per heavy atom. The highest BCUT2D eigenvalue weighted by Gasteiger charge is 2.14. The van der Waals surface area contributed by atoms with Crippen LogP contribution in [0.25, 0.3) is 0 Å². The maximum absolute atomic E-state index is 11.4. The van der Waals surface area contributed by atoms with Crippen molar-refractivity contribution in [2.75, 3.05) is 19.0 Å². The van der Waals surface area contributed by atoms with Crippen molar-refractivity contribution in [3.8, 4) is 0 Å². The van der Waals surface area contributed by atoms with E-state index < -0.39 is 18.1 Å². The summed E-state index contributed by atoms with van der Waals surface area (Å²) in [7, 11) is 1.39. The Kier molecular flexibility index (Phi) is 5.46. The molecular formula is C9H14N4O4S. The molecule has 9 heteroatoms. The minimum absolute atomic E-state index is 0.104. The van der Waals surface area contributed by atoms with Gasteiger partial charge in [0.1, 0.15) is 5.01 Å². The Hall–Kier alpha value is -1.74.